The molecule has 19 heteroatoms. The maximum absolute atomic E-state index is 13.1. The lowest BCUT2D eigenvalue weighted by Crippen LogP contribution is -2.30. The Morgan fingerprint density at radius 3 is 0.648 bits per heavy atom. The minimum atomic E-state index is -4.96. The van der Waals surface area contributed by atoms with Crippen molar-refractivity contribution in [1.29, 1.82) is 0 Å². The summed E-state index contributed by atoms with van der Waals surface area (Å²) in [4.78, 5) is 73.1. The molecule has 3 N–H and O–H groups in total. The first-order valence-corrected chi connectivity index (χ1v) is 47.6. The Labute approximate surface area is 645 Å². The topological polar surface area (TPSA) is 237 Å². The van der Waals surface area contributed by atoms with Crippen molar-refractivity contribution in [3.8, 4) is 0 Å². The number of hydrogen-bond acceptors (Lipinski definition) is 15. The molecule has 0 aromatic carbocycles. The van der Waals surface area contributed by atoms with Crippen molar-refractivity contribution in [2.45, 2.75) is 483 Å². The molecule has 0 rings (SSSR count). The number of esters is 4. The molecule has 0 saturated heterocycles. The third-order valence-corrected chi connectivity index (χ3v) is 22.2. The largest absolute Gasteiger partial charge is 0.472 e. The van der Waals surface area contributed by atoms with Gasteiger partial charge in [-0.15, -0.1) is 0 Å². The predicted octanol–water partition coefficient (Wildman–Crippen LogP) is 26.4. The highest BCUT2D eigenvalue weighted by molar-refractivity contribution is 7.47. The number of carbonyl (C=O) groups excluding carboxylic acids is 4. The zero-order chi connectivity index (χ0) is 76.9. The van der Waals surface area contributed by atoms with E-state index >= 15 is 0 Å². The Bertz CT molecular complexity index is 2000. The van der Waals surface area contributed by atoms with Crippen LogP contribution in [0.3, 0.4) is 0 Å². The molecule has 0 saturated carbocycles. The fraction of sp³-hybridized carbons (Fsp3) is 0.953. The van der Waals surface area contributed by atoms with Crippen LogP contribution in [0.25, 0.3) is 0 Å². The first-order valence-electron chi connectivity index (χ1n) is 44.6. The maximum Gasteiger partial charge on any atom is 0.472 e. The van der Waals surface area contributed by atoms with Crippen molar-refractivity contribution < 1.29 is 80.2 Å². The number of aliphatic hydroxyl groups excluding tert-OH is 1. The predicted molar refractivity (Wildman–Crippen MR) is 432 cm³/mol. The smallest absolute Gasteiger partial charge is 0.462 e. The van der Waals surface area contributed by atoms with E-state index in [0.717, 1.165) is 109 Å². The van der Waals surface area contributed by atoms with Crippen molar-refractivity contribution in [3.63, 3.8) is 0 Å². The van der Waals surface area contributed by atoms with Crippen molar-refractivity contribution in [2.75, 3.05) is 39.6 Å². The molecule has 0 fully saturated rings. The Morgan fingerprint density at radius 1 is 0.257 bits per heavy atom. The minimum absolute atomic E-state index is 0.108. The van der Waals surface area contributed by atoms with Crippen molar-refractivity contribution >= 4 is 39.5 Å². The SMILES string of the molecule is CCCCCCCCCCCCCCCCCCCCCCCCC(=O)O[C@H](COC(=O)CCCCCCCCCCCCCCCCCCCCC)COP(=O)(O)OC[C@@H](O)COP(=O)(O)OC[C@@H](COC(=O)CCCCCCCCC)OC(=O)CCCCCCCCCCCCCCCCC(C)C. The lowest BCUT2D eigenvalue weighted by atomic mass is 10.0. The maximum atomic E-state index is 13.1. The van der Waals surface area contributed by atoms with Gasteiger partial charge in [0.1, 0.15) is 19.3 Å². The summed E-state index contributed by atoms with van der Waals surface area (Å²) in [7, 11) is -9.92. The van der Waals surface area contributed by atoms with E-state index in [9.17, 15) is 43.2 Å². The van der Waals surface area contributed by atoms with Crippen LogP contribution in [0.15, 0.2) is 0 Å². The van der Waals surface area contributed by atoms with Crippen LogP contribution in [0.5, 0.6) is 0 Å². The van der Waals surface area contributed by atoms with E-state index in [1.54, 1.807) is 0 Å². The lowest BCUT2D eigenvalue weighted by Gasteiger charge is -2.21. The molecular weight excluding hydrogens is 1370 g/mol. The second-order valence-electron chi connectivity index (χ2n) is 31.4. The molecule has 0 aliphatic carbocycles. The average molecular weight is 1540 g/mol. The van der Waals surface area contributed by atoms with Crippen LogP contribution in [0, 0.1) is 5.92 Å². The Hall–Kier alpha value is -1.94. The number of phosphoric acid groups is 2. The van der Waals surface area contributed by atoms with Crippen molar-refractivity contribution in [3.05, 3.63) is 0 Å². The number of aliphatic hydroxyl groups is 1. The average Bonchev–Trinajstić information content (AvgIpc) is 0.909. The number of rotatable bonds is 86. The molecule has 0 bridgehead atoms. The first-order chi connectivity index (χ1) is 51.0. The van der Waals surface area contributed by atoms with Crippen LogP contribution in [-0.2, 0) is 65.4 Å². The van der Waals surface area contributed by atoms with Crippen LogP contribution in [0.4, 0.5) is 0 Å². The second kappa shape index (κ2) is 78.7. The van der Waals surface area contributed by atoms with Gasteiger partial charge in [-0.2, -0.15) is 0 Å². The zero-order valence-corrected chi connectivity index (χ0v) is 70.7. The fourth-order valence-corrected chi connectivity index (χ4v) is 15.1. The summed E-state index contributed by atoms with van der Waals surface area (Å²) in [5.74, 6) is -1.31. The van der Waals surface area contributed by atoms with Gasteiger partial charge < -0.3 is 33.8 Å². The van der Waals surface area contributed by atoms with Gasteiger partial charge in [0, 0.05) is 25.7 Å². The van der Waals surface area contributed by atoms with E-state index in [1.807, 2.05) is 0 Å². The van der Waals surface area contributed by atoms with E-state index in [-0.39, 0.29) is 25.7 Å². The molecule has 2 unspecified atom stereocenters. The fourth-order valence-electron chi connectivity index (χ4n) is 13.5. The van der Waals surface area contributed by atoms with Crippen LogP contribution < -0.4 is 0 Å². The second-order valence-corrected chi connectivity index (χ2v) is 34.3. The molecule has 0 aliphatic heterocycles. The van der Waals surface area contributed by atoms with Gasteiger partial charge >= 0.3 is 39.5 Å². The van der Waals surface area contributed by atoms with Gasteiger partial charge in [-0.1, -0.05) is 413 Å². The van der Waals surface area contributed by atoms with Gasteiger partial charge in [0.2, 0.25) is 0 Å². The number of carbonyl (C=O) groups is 4. The molecule has 0 amide bonds. The van der Waals surface area contributed by atoms with E-state index in [0.29, 0.717) is 25.7 Å². The summed E-state index contributed by atoms with van der Waals surface area (Å²) in [5.41, 5.74) is 0. The van der Waals surface area contributed by atoms with Crippen LogP contribution in [-0.4, -0.2) is 96.7 Å². The Balaban J connectivity index is 5.15. The summed E-state index contributed by atoms with van der Waals surface area (Å²) < 4.78 is 68.8. The molecular formula is C86H168O17P2. The normalized spacial score (nSPS) is 13.8. The first kappa shape index (κ1) is 103. The Kier molecular flexibility index (Phi) is 77.3. The summed E-state index contributed by atoms with van der Waals surface area (Å²) in [6.45, 7) is 7.34. The summed E-state index contributed by atoms with van der Waals surface area (Å²) in [6, 6.07) is 0. The van der Waals surface area contributed by atoms with Gasteiger partial charge in [-0.05, 0) is 31.6 Å². The van der Waals surface area contributed by atoms with E-state index in [4.69, 9.17) is 37.0 Å². The van der Waals surface area contributed by atoms with Gasteiger partial charge in [0.15, 0.2) is 12.2 Å². The highest BCUT2D eigenvalue weighted by Gasteiger charge is 2.30. The highest BCUT2D eigenvalue weighted by Crippen LogP contribution is 2.45. The monoisotopic (exact) mass is 1540 g/mol. The number of hydrogen-bond donors (Lipinski definition) is 3. The zero-order valence-electron chi connectivity index (χ0n) is 68.9. The molecule has 0 aromatic heterocycles. The molecule has 0 heterocycles. The van der Waals surface area contributed by atoms with E-state index in [2.05, 4.69) is 34.6 Å². The third-order valence-electron chi connectivity index (χ3n) is 20.3. The highest BCUT2D eigenvalue weighted by atomic mass is 31.2. The molecule has 0 spiro atoms. The van der Waals surface area contributed by atoms with E-state index in [1.165, 1.54) is 276 Å². The number of phosphoric ester groups is 2. The molecule has 0 aliphatic rings. The molecule has 105 heavy (non-hydrogen) atoms. The van der Waals surface area contributed by atoms with Crippen LogP contribution in [0.2, 0.25) is 0 Å². The third kappa shape index (κ3) is 79.9. The van der Waals surface area contributed by atoms with Gasteiger partial charge in [0.05, 0.1) is 26.4 Å². The van der Waals surface area contributed by atoms with Gasteiger partial charge in [-0.25, -0.2) is 9.13 Å². The molecule has 0 aromatic rings. The molecule has 5 atom stereocenters. The van der Waals surface area contributed by atoms with Crippen molar-refractivity contribution in [2.24, 2.45) is 5.92 Å². The molecule has 624 valence electrons. The van der Waals surface area contributed by atoms with E-state index < -0.39 is 97.5 Å². The summed E-state index contributed by atoms with van der Waals surface area (Å²) in [6.07, 6.45) is 72.5. The number of ether oxygens (including phenoxy) is 4. The standard InChI is InChI=1S/C86H168O17P2/c1-6-9-12-15-18-20-22-24-26-28-30-31-32-34-36-38-43-47-51-56-61-66-72-86(91)103-82(76-97-84(89)70-65-60-55-50-46-42-37-35-33-29-27-25-23-21-19-16-13-10-7-2)78-101-105(94,95)99-74-80(87)73-98-104(92,93)100-77-81(75-96-83(88)69-64-59-53-17-14-11-8-3)102-85(90)71-67-62-57-52-48-44-40-39-41-45-49-54-58-63-68-79(4)5/h79-82,87H,6-78H2,1-5H3,(H,92,93)(H,94,95)/t80-,81+,82+/m0/s1. The van der Waals surface area contributed by atoms with Crippen molar-refractivity contribution in [1.82, 2.24) is 0 Å². The van der Waals surface area contributed by atoms with Crippen LogP contribution >= 0.6 is 15.6 Å². The lowest BCUT2D eigenvalue weighted by molar-refractivity contribution is -0.161. The minimum Gasteiger partial charge on any atom is -0.462 e. The van der Waals surface area contributed by atoms with Gasteiger partial charge in [-0.3, -0.25) is 37.3 Å². The quantitative estimate of drug-likeness (QED) is 0.0222. The van der Waals surface area contributed by atoms with Crippen LogP contribution in [0.1, 0.15) is 465 Å². The number of unbranched alkanes of at least 4 members (excludes halogenated alkanes) is 58. The van der Waals surface area contributed by atoms with Gasteiger partial charge in [0.25, 0.3) is 0 Å². The summed E-state index contributed by atoms with van der Waals surface area (Å²) in [5, 5.41) is 10.7. The molecule has 0 radical (unpaired) electrons. The summed E-state index contributed by atoms with van der Waals surface area (Å²) >= 11 is 0. The Morgan fingerprint density at radius 2 is 0.438 bits per heavy atom. The molecule has 17 nitrogen and oxygen atoms in total.